The van der Waals surface area contributed by atoms with E-state index >= 15 is 0 Å². The average molecular weight is 319 g/mol. The van der Waals surface area contributed by atoms with Crippen LogP contribution in [0, 0.1) is 0 Å². The summed E-state index contributed by atoms with van der Waals surface area (Å²) in [6.07, 6.45) is 0.793. The molecule has 0 spiro atoms. The largest absolute Gasteiger partial charge is 0.478 e. The molecule has 1 aromatic rings. The summed E-state index contributed by atoms with van der Waals surface area (Å²) in [4.78, 5) is 45.5. The van der Waals surface area contributed by atoms with E-state index in [1.54, 1.807) is 12.1 Å². The molecule has 23 heavy (non-hydrogen) atoms. The Morgan fingerprint density at radius 2 is 1.96 bits per heavy atom. The Labute approximate surface area is 132 Å². The highest BCUT2D eigenvalue weighted by Crippen LogP contribution is 2.10. The highest BCUT2D eigenvalue weighted by Gasteiger charge is 2.29. The summed E-state index contributed by atoms with van der Waals surface area (Å²) >= 11 is 0. The fourth-order valence-electron chi connectivity index (χ4n) is 2.32. The number of amides is 3. The Bertz CT molecular complexity index is 641. The summed E-state index contributed by atoms with van der Waals surface area (Å²) in [5, 5.41) is 13.9. The van der Waals surface area contributed by atoms with Gasteiger partial charge in [0, 0.05) is 12.8 Å². The number of nitrogens with one attached hydrogen (secondary N) is 2. The lowest BCUT2D eigenvalue weighted by atomic mass is 10.0. The van der Waals surface area contributed by atoms with Gasteiger partial charge in [-0.2, -0.15) is 0 Å². The monoisotopic (exact) mass is 319 g/mol. The summed E-state index contributed by atoms with van der Waals surface area (Å²) in [7, 11) is 0. The van der Waals surface area contributed by atoms with Crippen LogP contribution in [0.15, 0.2) is 24.3 Å². The molecule has 5 N–H and O–H groups in total. The lowest BCUT2D eigenvalue weighted by molar-refractivity contribution is -0.129. The van der Waals surface area contributed by atoms with E-state index in [-0.39, 0.29) is 24.3 Å². The molecule has 2 atom stereocenters. The molecule has 0 unspecified atom stereocenters. The summed E-state index contributed by atoms with van der Waals surface area (Å²) in [5.74, 6) is -2.41. The van der Waals surface area contributed by atoms with E-state index in [9.17, 15) is 19.2 Å². The van der Waals surface area contributed by atoms with Crippen LogP contribution in [-0.2, 0) is 20.8 Å². The number of carboxylic acid groups (broad SMARTS) is 1. The smallest absolute Gasteiger partial charge is 0.335 e. The number of carbonyl (C=O) groups excluding carboxylic acids is 3. The molecule has 8 nitrogen and oxygen atoms in total. The number of aromatic carboxylic acids is 1. The van der Waals surface area contributed by atoms with Gasteiger partial charge in [-0.05, 0) is 24.1 Å². The normalized spacial score (nSPS) is 18.1. The number of hydrogen-bond donors (Lipinski definition) is 4. The van der Waals surface area contributed by atoms with Crippen molar-refractivity contribution in [3.8, 4) is 0 Å². The standard InChI is InChI=1S/C15H17N3O5/c16-13(20)11(18-14(21)10-5-6-12(19)17-10)7-8-1-3-9(4-2-8)15(22)23/h1-4,10-11H,5-7H2,(H2,16,20)(H,17,19)(H,18,21)(H,22,23)/t10-,11-/m0/s1. The Kier molecular flexibility index (Phi) is 4.95. The van der Waals surface area contributed by atoms with Gasteiger partial charge in [0.25, 0.3) is 0 Å². The van der Waals surface area contributed by atoms with Gasteiger partial charge in [-0.15, -0.1) is 0 Å². The van der Waals surface area contributed by atoms with Crippen LogP contribution in [0.4, 0.5) is 0 Å². The first-order valence-electron chi connectivity index (χ1n) is 7.08. The van der Waals surface area contributed by atoms with Crippen LogP contribution >= 0.6 is 0 Å². The first-order valence-corrected chi connectivity index (χ1v) is 7.08. The Morgan fingerprint density at radius 3 is 2.43 bits per heavy atom. The third-order valence-electron chi connectivity index (χ3n) is 3.61. The average Bonchev–Trinajstić information content (AvgIpc) is 2.93. The van der Waals surface area contributed by atoms with Crippen LogP contribution in [0.25, 0.3) is 0 Å². The maximum absolute atomic E-state index is 12.0. The molecule has 0 saturated carbocycles. The molecule has 2 rings (SSSR count). The van der Waals surface area contributed by atoms with Crippen molar-refractivity contribution in [2.75, 3.05) is 0 Å². The molecular formula is C15H17N3O5. The third kappa shape index (κ3) is 4.29. The number of primary amides is 1. The Morgan fingerprint density at radius 1 is 1.30 bits per heavy atom. The number of benzene rings is 1. The van der Waals surface area contributed by atoms with Crippen molar-refractivity contribution in [2.24, 2.45) is 5.73 Å². The number of hydrogen-bond acceptors (Lipinski definition) is 4. The number of rotatable bonds is 6. The molecule has 0 bridgehead atoms. The van der Waals surface area contributed by atoms with Crippen molar-refractivity contribution < 1.29 is 24.3 Å². The number of nitrogens with two attached hydrogens (primary N) is 1. The van der Waals surface area contributed by atoms with Crippen molar-refractivity contribution >= 4 is 23.7 Å². The summed E-state index contributed by atoms with van der Waals surface area (Å²) < 4.78 is 0. The fraction of sp³-hybridized carbons (Fsp3) is 0.333. The SMILES string of the molecule is NC(=O)[C@H](Cc1ccc(C(=O)O)cc1)NC(=O)[C@@H]1CCC(=O)N1. The molecule has 1 saturated heterocycles. The second-order valence-corrected chi connectivity index (χ2v) is 5.33. The van der Waals surface area contributed by atoms with Crippen LogP contribution in [0.5, 0.6) is 0 Å². The zero-order valence-corrected chi connectivity index (χ0v) is 12.2. The molecule has 122 valence electrons. The van der Waals surface area contributed by atoms with Crippen molar-refractivity contribution in [1.82, 2.24) is 10.6 Å². The fourth-order valence-corrected chi connectivity index (χ4v) is 2.32. The van der Waals surface area contributed by atoms with Crippen LogP contribution in [0.3, 0.4) is 0 Å². The molecule has 0 aromatic heterocycles. The van der Waals surface area contributed by atoms with Gasteiger partial charge in [0.15, 0.2) is 0 Å². The minimum Gasteiger partial charge on any atom is -0.478 e. The van der Waals surface area contributed by atoms with Crippen LogP contribution in [-0.4, -0.2) is 40.9 Å². The summed E-state index contributed by atoms with van der Waals surface area (Å²) in [6, 6.07) is 4.35. The Balaban J connectivity index is 2.01. The first kappa shape index (κ1) is 16.5. The van der Waals surface area contributed by atoms with E-state index in [0.29, 0.717) is 12.0 Å². The minimum absolute atomic E-state index is 0.127. The van der Waals surface area contributed by atoms with Gasteiger partial charge < -0.3 is 21.5 Å². The quantitative estimate of drug-likeness (QED) is 0.542. The number of carboxylic acids is 1. The van der Waals surface area contributed by atoms with Crippen LogP contribution in [0.2, 0.25) is 0 Å². The molecule has 1 fully saturated rings. The molecule has 1 aliphatic heterocycles. The molecule has 0 radical (unpaired) electrons. The van der Waals surface area contributed by atoms with Gasteiger partial charge in [-0.3, -0.25) is 14.4 Å². The highest BCUT2D eigenvalue weighted by atomic mass is 16.4. The zero-order chi connectivity index (χ0) is 17.0. The van der Waals surface area contributed by atoms with Crippen molar-refractivity contribution in [2.45, 2.75) is 31.3 Å². The second kappa shape index (κ2) is 6.91. The van der Waals surface area contributed by atoms with Gasteiger partial charge in [0.2, 0.25) is 17.7 Å². The number of carbonyl (C=O) groups is 4. The second-order valence-electron chi connectivity index (χ2n) is 5.33. The maximum atomic E-state index is 12.0. The molecule has 0 aliphatic carbocycles. The molecular weight excluding hydrogens is 302 g/mol. The molecule has 3 amide bonds. The molecule has 8 heteroatoms. The zero-order valence-electron chi connectivity index (χ0n) is 12.2. The van der Waals surface area contributed by atoms with Crippen molar-refractivity contribution in [1.29, 1.82) is 0 Å². The van der Waals surface area contributed by atoms with E-state index < -0.39 is 29.9 Å². The van der Waals surface area contributed by atoms with E-state index in [4.69, 9.17) is 10.8 Å². The molecule has 1 heterocycles. The topological polar surface area (TPSA) is 139 Å². The van der Waals surface area contributed by atoms with Crippen LogP contribution < -0.4 is 16.4 Å². The predicted molar refractivity (Wildman–Crippen MR) is 79.4 cm³/mol. The Hall–Kier alpha value is -2.90. The maximum Gasteiger partial charge on any atom is 0.335 e. The third-order valence-corrected chi connectivity index (χ3v) is 3.61. The summed E-state index contributed by atoms with van der Waals surface area (Å²) in [5.41, 5.74) is 6.09. The van der Waals surface area contributed by atoms with Crippen molar-refractivity contribution in [3.05, 3.63) is 35.4 Å². The minimum atomic E-state index is -1.05. The van der Waals surface area contributed by atoms with E-state index in [1.165, 1.54) is 12.1 Å². The predicted octanol–water partition coefficient (Wildman–Crippen LogP) is -0.824. The van der Waals surface area contributed by atoms with Gasteiger partial charge in [0.1, 0.15) is 12.1 Å². The van der Waals surface area contributed by atoms with Gasteiger partial charge >= 0.3 is 5.97 Å². The van der Waals surface area contributed by atoms with E-state index in [2.05, 4.69) is 10.6 Å². The van der Waals surface area contributed by atoms with Gasteiger partial charge in [-0.25, -0.2) is 4.79 Å². The van der Waals surface area contributed by atoms with Crippen LogP contribution in [0.1, 0.15) is 28.8 Å². The first-order chi connectivity index (χ1) is 10.9. The summed E-state index contributed by atoms with van der Waals surface area (Å²) in [6.45, 7) is 0. The molecule has 1 aromatic carbocycles. The lowest BCUT2D eigenvalue weighted by Crippen LogP contribution is -2.51. The van der Waals surface area contributed by atoms with Crippen molar-refractivity contribution in [3.63, 3.8) is 0 Å². The highest BCUT2D eigenvalue weighted by molar-refractivity contribution is 5.93. The van der Waals surface area contributed by atoms with E-state index in [0.717, 1.165) is 0 Å². The lowest BCUT2D eigenvalue weighted by Gasteiger charge is -2.18. The van der Waals surface area contributed by atoms with E-state index in [1.807, 2.05) is 0 Å². The van der Waals surface area contributed by atoms with Gasteiger partial charge in [0.05, 0.1) is 5.56 Å². The van der Waals surface area contributed by atoms with Gasteiger partial charge in [-0.1, -0.05) is 12.1 Å². The molecule has 1 aliphatic rings.